The zero-order chi connectivity index (χ0) is 25.6. The van der Waals surface area contributed by atoms with E-state index < -0.39 is 47.0 Å². The van der Waals surface area contributed by atoms with E-state index in [2.05, 4.69) is 6.92 Å². The number of Topliss-reactive ketones (excluding diaryl/α,β-unsaturated/α-hetero) is 1. The zero-order valence-corrected chi connectivity index (χ0v) is 21.0. The van der Waals surface area contributed by atoms with Crippen LogP contribution in [-0.2, 0) is 28.6 Å². The van der Waals surface area contributed by atoms with E-state index in [0.717, 1.165) is 18.4 Å². The van der Waals surface area contributed by atoms with Crippen LogP contribution in [0.1, 0.15) is 66.2 Å². The number of aliphatic hydroxyl groups is 1. The van der Waals surface area contributed by atoms with Crippen LogP contribution in [0.2, 0.25) is 0 Å². The van der Waals surface area contributed by atoms with Gasteiger partial charge >= 0.3 is 12.1 Å². The van der Waals surface area contributed by atoms with Crippen LogP contribution >= 0.6 is 0 Å². The first-order chi connectivity index (χ1) is 16.5. The number of allylic oxidation sites excluding steroid dienone is 4. The van der Waals surface area contributed by atoms with Gasteiger partial charge in [0.05, 0.1) is 12.7 Å². The molecule has 35 heavy (non-hydrogen) atoms. The van der Waals surface area contributed by atoms with Crippen LogP contribution in [0, 0.1) is 28.6 Å². The second-order valence-corrected chi connectivity index (χ2v) is 10.8. The minimum Gasteiger partial charge on any atom is -0.457 e. The van der Waals surface area contributed by atoms with Gasteiger partial charge in [-0.3, -0.25) is 14.4 Å². The van der Waals surface area contributed by atoms with Crippen molar-refractivity contribution in [2.24, 2.45) is 28.6 Å². The Morgan fingerprint density at radius 1 is 1.14 bits per heavy atom. The fourth-order valence-corrected chi connectivity index (χ4v) is 7.65. The Labute approximate surface area is 206 Å². The smallest absolute Gasteiger partial charge is 0.457 e. The molecule has 0 saturated heterocycles. The summed E-state index contributed by atoms with van der Waals surface area (Å²) in [6.07, 6.45) is 6.31. The summed E-state index contributed by atoms with van der Waals surface area (Å²) < 4.78 is 16.0. The van der Waals surface area contributed by atoms with Crippen LogP contribution in [0.25, 0.3) is 0 Å². The Balaban J connectivity index is 1.70. The lowest BCUT2D eigenvalue weighted by Crippen LogP contribution is -2.63. The molecule has 0 bridgehead atoms. The quantitative estimate of drug-likeness (QED) is 0.563. The van der Waals surface area contributed by atoms with Gasteiger partial charge in [0.2, 0.25) is 5.78 Å². The van der Waals surface area contributed by atoms with Crippen molar-refractivity contribution >= 4 is 23.7 Å². The highest BCUT2D eigenvalue weighted by Gasteiger charge is 2.70. The third kappa shape index (κ3) is 3.94. The maximum Gasteiger partial charge on any atom is 0.509 e. The van der Waals surface area contributed by atoms with Crippen molar-refractivity contribution in [3.05, 3.63) is 23.8 Å². The summed E-state index contributed by atoms with van der Waals surface area (Å²) in [5, 5.41) is 11.6. The summed E-state index contributed by atoms with van der Waals surface area (Å²) >= 11 is 0. The van der Waals surface area contributed by atoms with E-state index in [-0.39, 0.29) is 49.4 Å². The van der Waals surface area contributed by atoms with E-state index in [1.807, 2.05) is 13.0 Å². The molecule has 0 aliphatic heterocycles. The minimum atomic E-state index is -1.56. The van der Waals surface area contributed by atoms with E-state index in [9.17, 15) is 24.3 Å². The van der Waals surface area contributed by atoms with Crippen molar-refractivity contribution in [2.75, 3.05) is 13.2 Å². The number of hydrogen-bond acceptors (Lipinski definition) is 8. The van der Waals surface area contributed by atoms with Gasteiger partial charge < -0.3 is 19.3 Å². The normalized spacial score (nSPS) is 39.6. The number of ketones is 2. The first kappa shape index (κ1) is 25.6. The molecule has 0 heterocycles. The molecule has 0 aromatic rings. The molecule has 192 valence electrons. The molecule has 0 spiro atoms. The summed E-state index contributed by atoms with van der Waals surface area (Å²) in [7, 11) is 0. The molecule has 3 fully saturated rings. The van der Waals surface area contributed by atoms with Crippen molar-refractivity contribution in [3.8, 4) is 0 Å². The largest absolute Gasteiger partial charge is 0.509 e. The molecule has 0 radical (unpaired) electrons. The monoisotopic (exact) mass is 488 g/mol. The average Bonchev–Trinajstić information content (AvgIpc) is 3.09. The highest BCUT2D eigenvalue weighted by molar-refractivity contribution is 6.01. The number of fused-ring (bicyclic) bond motifs is 5. The maximum absolute atomic E-state index is 13.6. The van der Waals surface area contributed by atoms with E-state index in [0.29, 0.717) is 6.42 Å². The highest BCUT2D eigenvalue weighted by atomic mass is 16.7. The summed E-state index contributed by atoms with van der Waals surface area (Å²) in [5.74, 6) is -1.06. The Bertz CT molecular complexity index is 982. The number of aliphatic hydroxyl groups excluding tert-OH is 1. The predicted octanol–water partition coefficient (Wildman–Crippen LogP) is 3.70. The van der Waals surface area contributed by atoms with Gasteiger partial charge in [-0.05, 0) is 63.0 Å². The fourth-order valence-electron chi connectivity index (χ4n) is 7.65. The van der Waals surface area contributed by atoms with Gasteiger partial charge in [-0.2, -0.15) is 0 Å². The molecule has 1 unspecified atom stereocenters. The number of carbonyl (C=O) groups is 4. The molecule has 0 amide bonds. The molecule has 4 aliphatic rings. The van der Waals surface area contributed by atoms with Crippen molar-refractivity contribution in [2.45, 2.75) is 77.9 Å². The molecule has 7 atom stereocenters. The number of rotatable bonds is 6. The minimum absolute atomic E-state index is 0.000515. The average molecular weight is 489 g/mol. The maximum atomic E-state index is 13.6. The third-order valence-electron chi connectivity index (χ3n) is 9.24. The SMILES string of the molecule is CCOC(=O)O[C@]1(C(=O)COC(=O)CC)CC[C@H]2[C@@H]3CCC4=CC(=O)C=C[C@]4(C)[C@H]3C(O)C[C@@]21C. The second kappa shape index (κ2) is 9.19. The van der Waals surface area contributed by atoms with Crippen LogP contribution in [0.15, 0.2) is 23.8 Å². The summed E-state index contributed by atoms with van der Waals surface area (Å²) in [6, 6.07) is 0. The van der Waals surface area contributed by atoms with E-state index in [4.69, 9.17) is 14.2 Å². The van der Waals surface area contributed by atoms with Crippen molar-refractivity contribution in [3.63, 3.8) is 0 Å². The van der Waals surface area contributed by atoms with Gasteiger partial charge in [-0.15, -0.1) is 0 Å². The lowest BCUT2D eigenvalue weighted by Gasteiger charge is -2.59. The van der Waals surface area contributed by atoms with Gasteiger partial charge in [0, 0.05) is 23.2 Å². The van der Waals surface area contributed by atoms with Crippen molar-refractivity contribution < 1.29 is 38.5 Å². The molecule has 8 nitrogen and oxygen atoms in total. The molecule has 4 rings (SSSR count). The Morgan fingerprint density at radius 2 is 1.89 bits per heavy atom. The zero-order valence-electron chi connectivity index (χ0n) is 21.0. The molecule has 4 aliphatic carbocycles. The molecular formula is C27H36O8. The third-order valence-corrected chi connectivity index (χ3v) is 9.24. The van der Waals surface area contributed by atoms with Gasteiger partial charge in [0.15, 0.2) is 18.0 Å². The molecule has 0 aromatic heterocycles. The van der Waals surface area contributed by atoms with Crippen molar-refractivity contribution in [1.29, 1.82) is 0 Å². The number of carbonyl (C=O) groups excluding carboxylic acids is 4. The second-order valence-electron chi connectivity index (χ2n) is 10.8. The highest BCUT2D eigenvalue weighted by Crippen LogP contribution is 2.67. The van der Waals surface area contributed by atoms with Crippen LogP contribution in [0.4, 0.5) is 4.79 Å². The molecule has 8 heteroatoms. The summed E-state index contributed by atoms with van der Waals surface area (Å²) in [4.78, 5) is 50.0. The Hall–Kier alpha value is -2.48. The lowest BCUT2D eigenvalue weighted by molar-refractivity contribution is -0.185. The molecular weight excluding hydrogens is 452 g/mol. The predicted molar refractivity (Wildman–Crippen MR) is 125 cm³/mol. The van der Waals surface area contributed by atoms with Crippen LogP contribution < -0.4 is 0 Å². The van der Waals surface area contributed by atoms with Crippen LogP contribution in [0.5, 0.6) is 0 Å². The van der Waals surface area contributed by atoms with Crippen LogP contribution in [0.3, 0.4) is 0 Å². The van der Waals surface area contributed by atoms with Crippen LogP contribution in [-0.4, -0.2) is 53.7 Å². The van der Waals surface area contributed by atoms with Crippen molar-refractivity contribution in [1.82, 2.24) is 0 Å². The first-order valence-corrected chi connectivity index (χ1v) is 12.7. The van der Waals surface area contributed by atoms with E-state index in [1.165, 1.54) is 0 Å². The number of hydrogen-bond donors (Lipinski definition) is 1. The Kier molecular flexibility index (Phi) is 6.72. The molecule has 0 aromatic carbocycles. The van der Waals surface area contributed by atoms with E-state index >= 15 is 0 Å². The Morgan fingerprint density at radius 3 is 2.57 bits per heavy atom. The molecule has 1 N–H and O–H groups in total. The standard InChI is InChI=1S/C27H36O8/c1-5-22(31)34-15-21(30)27(35-24(32)33-6-2)12-10-19-18-8-7-16-13-17(28)9-11-25(16,3)23(18)20(29)14-26(19,27)4/h9,11,13,18-20,23,29H,5-8,10,12,14-15H2,1-4H3/t18-,19-,20?,23+,25-,26-,27-/m0/s1. The topological polar surface area (TPSA) is 116 Å². The van der Waals surface area contributed by atoms with Gasteiger partial charge in [-0.1, -0.05) is 32.4 Å². The fraction of sp³-hybridized carbons (Fsp3) is 0.704. The van der Waals surface area contributed by atoms with Gasteiger partial charge in [0.25, 0.3) is 0 Å². The van der Waals surface area contributed by atoms with Gasteiger partial charge in [0.1, 0.15) is 0 Å². The number of ether oxygens (including phenoxy) is 3. The molecule has 3 saturated carbocycles. The summed E-state index contributed by atoms with van der Waals surface area (Å²) in [6.45, 7) is 6.90. The van der Waals surface area contributed by atoms with E-state index in [1.54, 1.807) is 26.0 Å². The lowest BCUT2D eigenvalue weighted by atomic mass is 9.46. The first-order valence-electron chi connectivity index (χ1n) is 12.7. The van der Waals surface area contributed by atoms with Gasteiger partial charge in [-0.25, -0.2) is 4.79 Å². The number of esters is 1. The summed E-state index contributed by atoms with van der Waals surface area (Å²) in [5.41, 5.74) is -1.81.